The standard InChI is InChI=1S/C48H56FN5O9S/c1-9-31-27-48(31,43(57)53-64(59,60)47(21-22-47)26-29-15-17-32(49)18-16-29)52-41(55)38-24-34(28-54(38)42(56)40(45(2,3)4)51-44(58)63-46(5,6)7)62-39-25-36(30-13-11-10-12-14-30)50-37-23-33(61-8)19-20-35(37)39/h9-20,23,25,31,34,38,40H,1,21-22,24,26-28H2,2-8H3,(H,51,58)(H,52,55)(H,53,57)/t31-,34+,38-,40+,48-/m0/s1. The lowest BCUT2D eigenvalue weighted by Crippen LogP contribution is -2.60. The highest BCUT2D eigenvalue weighted by molar-refractivity contribution is 7.91. The minimum atomic E-state index is -4.28. The first-order valence-corrected chi connectivity index (χ1v) is 22.8. The van der Waals surface area contributed by atoms with Crippen LogP contribution < -0.4 is 24.8 Å². The number of nitrogens with zero attached hydrogens (tertiary/aromatic N) is 2. The molecule has 64 heavy (non-hydrogen) atoms. The largest absolute Gasteiger partial charge is 0.497 e. The molecule has 3 fully saturated rings. The zero-order valence-corrected chi connectivity index (χ0v) is 38.0. The van der Waals surface area contributed by atoms with Gasteiger partial charge in [-0.2, -0.15) is 0 Å². The van der Waals surface area contributed by atoms with Crippen LogP contribution in [0.2, 0.25) is 0 Å². The highest BCUT2D eigenvalue weighted by Crippen LogP contribution is 2.49. The lowest BCUT2D eigenvalue weighted by atomic mass is 9.85. The SMILES string of the molecule is C=C[C@H]1C[C@@]1(NC(=O)[C@@H]1C[C@@H](Oc2cc(-c3ccccc3)nc3cc(OC)ccc23)CN1C(=O)[C@@H](NC(=O)OC(C)(C)C)C(C)(C)C)C(=O)NS(=O)(=O)C1(Cc2ccc(F)cc2)CC1. The smallest absolute Gasteiger partial charge is 0.408 e. The van der Waals surface area contributed by atoms with E-state index in [1.807, 2.05) is 36.4 Å². The average molecular weight is 898 g/mol. The van der Waals surface area contributed by atoms with Gasteiger partial charge in [-0.15, -0.1) is 6.58 Å². The number of fused-ring (bicyclic) bond motifs is 1. The Morgan fingerprint density at radius 3 is 2.27 bits per heavy atom. The van der Waals surface area contributed by atoms with Crippen LogP contribution in [0.5, 0.6) is 11.5 Å². The van der Waals surface area contributed by atoms with E-state index in [2.05, 4.69) is 21.9 Å². The number of sulfonamides is 1. The van der Waals surface area contributed by atoms with Crippen molar-refractivity contribution >= 4 is 44.7 Å². The minimum absolute atomic E-state index is 0.0307. The third-order valence-corrected chi connectivity index (χ3v) is 14.2. The van der Waals surface area contributed by atoms with Crippen molar-refractivity contribution < 1.29 is 46.2 Å². The molecule has 2 heterocycles. The lowest BCUT2D eigenvalue weighted by Gasteiger charge is -2.36. The second-order valence-electron chi connectivity index (χ2n) is 19.1. The monoisotopic (exact) mass is 897 g/mol. The molecule has 7 rings (SSSR count). The van der Waals surface area contributed by atoms with Crippen LogP contribution in [0.25, 0.3) is 22.2 Å². The van der Waals surface area contributed by atoms with Crippen molar-refractivity contribution in [3.8, 4) is 22.8 Å². The molecule has 4 aromatic rings. The third-order valence-electron chi connectivity index (χ3n) is 12.1. The van der Waals surface area contributed by atoms with E-state index in [1.165, 1.54) is 35.2 Å². The number of pyridine rings is 1. The van der Waals surface area contributed by atoms with Gasteiger partial charge in [-0.05, 0) is 81.7 Å². The molecule has 2 saturated carbocycles. The van der Waals surface area contributed by atoms with Crippen molar-refractivity contribution in [2.45, 2.75) is 108 Å². The molecule has 4 amide bonds. The highest BCUT2D eigenvalue weighted by atomic mass is 32.2. The number of likely N-dealkylation sites (tertiary alicyclic amines) is 1. The molecule has 1 aliphatic heterocycles. The van der Waals surface area contributed by atoms with Crippen molar-refractivity contribution in [3.63, 3.8) is 0 Å². The molecule has 0 radical (unpaired) electrons. The summed E-state index contributed by atoms with van der Waals surface area (Å²) in [5.74, 6) is -2.29. The van der Waals surface area contributed by atoms with Crippen molar-refractivity contribution in [3.05, 3.63) is 103 Å². The van der Waals surface area contributed by atoms with Gasteiger partial charge in [-0.25, -0.2) is 22.6 Å². The third kappa shape index (κ3) is 9.71. The minimum Gasteiger partial charge on any atom is -0.497 e. The first-order valence-electron chi connectivity index (χ1n) is 21.3. The molecule has 3 aliphatic rings. The molecule has 1 aromatic heterocycles. The summed E-state index contributed by atoms with van der Waals surface area (Å²) in [7, 11) is -2.72. The average Bonchev–Trinajstić information content (AvgIpc) is 4.14. The Morgan fingerprint density at radius 2 is 1.67 bits per heavy atom. The summed E-state index contributed by atoms with van der Waals surface area (Å²) in [4.78, 5) is 63.1. The Morgan fingerprint density at radius 1 is 0.984 bits per heavy atom. The molecule has 3 N–H and O–H groups in total. The number of hydrogen-bond acceptors (Lipinski definition) is 10. The van der Waals surface area contributed by atoms with E-state index in [0.717, 1.165) is 5.56 Å². The number of hydrogen-bond donors (Lipinski definition) is 3. The first kappa shape index (κ1) is 46.0. The van der Waals surface area contributed by atoms with Crippen LogP contribution in [-0.4, -0.2) is 89.8 Å². The van der Waals surface area contributed by atoms with Gasteiger partial charge in [0.25, 0.3) is 5.91 Å². The highest BCUT2D eigenvalue weighted by Gasteiger charge is 2.63. The Kier molecular flexibility index (Phi) is 12.3. The molecule has 5 atom stereocenters. The maximum absolute atomic E-state index is 14.8. The molecule has 16 heteroatoms. The van der Waals surface area contributed by atoms with E-state index in [9.17, 15) is 32.0 Å². The van der Waals surface area contributed by atoms with Crippen LogP contribution in [0, 0.1) is 17.2 Å². The fourth-order valence-corrected chi connectivity index (χ4v) is 9.90. The number of carbonyl (C=O) groups is 4. The second-order valence-corrected chi connectivity index (χ2v) is 21.2. The normalized spacial score (nSPS) is 21.9. The Bertz CT molecular complexity index is 2570. The van der Waals surface area contributed by atoms with E-state index in [-0.39, 0.29) is 38.6 Å². The topological polar surface area (TPSA) is 182 Å². The maximum atomic E-state index is 14.8. The summed E-state index contributed by atoms with van der Waals surface area (Å²) in [6.45, 7) is 14.2. The van der Waals surface area contributed by atoms with Crippen LogP contribution >= 0.6 is 0 Å². The van der Waals surface area contributed by atoms with Crippen LogP contribution in [0.15, 0.2) is 91.5 Å². The number of ether oxygens (including phenoxy) is 3. The van der Waals surface area contributed by atoms with Gasteiger partial charge < -0.3 is 29.7 Å². The van der Waals surface area contributed by atoms with Gasteiger partial charge in [0.15, 0.2) is 0 Å². The van der Waals surface area contributed by atoms with Crippen LogP contribution in [0.4, 0.5) is 9.18 Å². The van der Waals surface area contributed by atoms with Crippen molar-refractivity contribution in [2.24, 2.45) is 11.3 Å². The maximum Gasteiger partial charge on any atom is 0.408 e. The molecule has 0 spiro atoms. The zero-order chi connectivity index (χ0) is 46.4. The van der Waals surface area contributed by atoms with Gasteiger partial charge in [0.2, 0.25) is 21.8 Å². The number of amides is 4. The quantitative estimate of drug-likeness (QED) is 0.116. The first-order chi connectivity index (χ1) is 30.1. The number of nitrogens with one attached hydrogen (secondary N) is 3. The van der Waals surface area contributed by atoms with Gasteiger partial charge in [0, 0.05) is 35.4 Å². The van der Waals surface area contributed by atoms with E-state index < -0.39 is 85.1 Å². The summed E-state index contributed by atoms with van der Waals surface area (Å²) >= 11 is 0. The number of methoxy groups -OCH3 is 1. The summed E-state index contributed by atoms with van der Waals surface area (Å²) in [6.07, 6.45) is 0.562. The van der Waals surface area contributed by atoms with E-state index in [1.54, 1.807) is 66.9 Å². The fourth-order valence-electron chi connectivity index (χ4n) is 8.26. The number of alkyl carbamates (subject to hydrolysis) is 1. The molecule has 14 nitrogen and oxygen atoms in total. The predicted octanol–water partition coefficient (Wildman–Crippen LogP) is 6.62. The van der Waals surface area contributed by atoms with Crippen LogP contribution in [0.3, 0.4) is 0 Å². The van der Waals surface area contributed by atoms with Crippen molar-refractivity contribution in [1.29, 1.82) is 0 Å². The Hall–Kier alpha value is -6.03. The number of aromatic nitrogens is 1. The van der Waals surface area contributed by atoms with E-state index >= 15 is 0 Å². The zero-order valence-electron chi connectivity index (χ0n) is 37.2. The summed E-state index contributed by atoms with van der Waals surface area (Å²) in [5, 5.41) is 6.22. The molecular weight excluding hydrogens is 842 g/mol. The number of halogens is 1. The molecule has 0 unspecified atom stereocenters. The molecule has 340 valence electrons. The number of carbonyl (C=O) groups excluding carboxylic acids is 4. The molecule has 1 saturated heterocycles. The summed E-state index contributed by atoms with van der Waals surface area (Å²) < 4.78 is 60.1. The van der Waals surface area contributed by atoms with Crippen LogP contribution in [-0.2, 0) is 35.6 Å². The van der Waals surface area contributed by atoms with Crippen molar-refractivity contribution in [1.82, 2.24) is 25.2 Å². The van der Waals surface area contributed by atoms with Crippen LogP contribution in [0.1, 0.15) is 72.8 Å². The second kappa shape index (κ2) is 17.2. The van der Waals surface area contributed by atoms with Gasteiger partial charge >= 0.3 is 6.09 Å². The van der Waals surface area contributed by atoms with E-state index in [4.69, 9.17) is 19.2 Å². The molecule has 3 aromatic carbocycles. The molecule has 2 aliphatic carbocycles. The number of rotatable bonds is 14. The van der Waals surface area contributed by atoms with Crippen molar-refractivity contribution in [2.75, 3.05) is 13.7 Å². The van der Waals surface area contributed by atoms with Gasteiger partial charge in [-0.3, -0.25) is 19.1 Å². The van der Waals surface area contributed by atoms with Gasteiger partial charge in [0.1, 0.15) is 46.6 Å². The summed E-state index contributed by atoms with van der Waals surface area (Å²) in [6, 6.07) is 19.8. The molecular formula is C48H56FN5O9S. The summed E-state index contributed by atoms with van der Waals surface area (Å²) in [5.41, 5.74) is -0.793. The van der Waals surface area contributed by atoms with Gasteiger partial charge in [0.05, 0.1) is 29.6 Å². The fraction of sp³-hybridized carbons (Fsp3) is 0.438. The number of benzene rings is 3. The lowest BCUT2D eigenvalue weighted by molar-refractivity contribution is -0.143. The van der Waals surface area contributed by atoms with E-state index in [0.29, 0.717) is 33.7 Å². The molecule has 0 bridgehead atoms. The predicted molar refractivity (Wildman–Crippen MR) is 239 cm³/mol. The Labute approximate surface area is 373 Å². The Balaban J connectivity index is 1.19. The van der Waals surface area contributed by atoms with Gasteiger partial charge in [-0.1, -0.05) is 69.3 Å².